The van der Waals surface area contributed by atoms with E-state index in [0.29, 0.717) is 0 Å². The quantitative estimate of drug-likeness (QED) is 0.714. The molecule has 1 aromatic rings. The summed E-state index contributed by atoms with van der Waals surface area (Å²) in [5.41, 5.74) is 2.68. The van der Waals surface area contributed by atoms with Crippen LogP contribution in [0.1, 0.15) is 18.9 Å². The highest BCUT2D eigenvalue weighted by Gasteiger charge is 1.92. The van der Waals surface area contributed by atoms with Gasteiger partial charge in [-0.2, -0.15) is 0 Å². The third-order valence-electron chi connectivity index (χ3n) is 1.87. The van der Waals surface area contributed by atoms with E-state index in [4.69, 9.17) is 0 Å². The van der Waals surface area contributed by atoms with Gasteiger partial charge in [0, 0.05) is 9.80 Å². The highest BCUT2D eigenvalue weighted by molar-refractivity contribution is 9.10. The third kappa shape index (κ3) is 3.65. The molecule has 0 spiro atoms. The Balaban J connectivity index is 2.84. The summed E-state index contributed by atoms with van der Waals surface area (Å²) < 4.78 is 1.13. The van der Waals surface area contributed by atoms with Crippen molar-refractivity contribution in [1.29, 1.82) is 0 Å². The summed E-state index contributed by atoms with van der Waals surface area (Å²) in [6.45, 7) is 2.17. The number of allylic oxidation sites excluding steroid dienone is 1. The minimum Gasteiger partial charge on any atom is -0.0880 e. The number of rotatable bonds is 3. The lowest BCUT2D eigenvalue weighted by molar-refractivity contribution is 1.12. The van der Waals surface area contributed by atoms with E-state index in [2.05, 4.69) is 69.1 Å². The van der Waals surface area contributed by atoms with Crippen molar-refractivity contribution in [3.8, 4) is 0 Å². The molecule has 1 rings (SSSR count). The fourth-order valence-electron chi connectivity index (χ4n) is 1.03. The Morgan fingerprint density at radius 2 is 1.92 bits per heavy atom. The van der Waals surface area contributed by atoms with Gasteiger partial charge in [-0.25, -0.2) is 0 Å². The van der Waals surface area contributed by atoms with Gasteiger partial charge >= 0.3 is 0 Å². The summed E-state index contributed by atoms with van der Waals surface area (Å²) in [7, 11) is 0. The summed E-state index contributed by atoms with van der Waals surface area (Å²) in [6.07, 6.45) is 3.32. The summed E-state index contributed by atoms with van der Waals surface area (Å²) in [5.74, 6) is 0. The monoisotopic (exact) mass is 302 g/mol. The Kier molecular flexibility index (Phi) is 4.74. The Labute approximate surface area is 96.3 Å². The molecule has 0 unspecified atom stereocenters. The molecule has 0 radical (unpaired) electrons. The van der Waals surface area contributed by atoms with Crippen molar-refractivity contribution in [2.75, 3.05) is 5.33 Å². The predicted molar refractivity (Wildman–Crippen MR) is 66.2 cm³/mol. The molecule has 2 heteroatoms. The van der Waals surface area contributed by atoms with E-state index < -0.39 is 0 Å². The number of alkyl halides is 1. The van der Waals surface area contributed by atoms with Crippen LogP contribution in [0.3, 0.4) is 0 Å². The van der Waals surface area contributed by atoms with Crippen molar-refractivity contribution in [1.82, 2.24) is 0 Å². The molecule has 0 amide bonds. The maximum absolute atomic E-state index is 3.47. The first kappa shape index (κ1) is 11.0. The summed E-state index contributed by atoms with van der Waals surface area (Å²) in [4.78, 5) is 0. The molecule has 13 heavy (non-hydrogen) atoms. The second-order valence-corrected chi connectivity index (χ2v) is 4.32. The molecule has 0 bridgehead atoms. The fourth-order valence-corrected chi connectivity index (χ4v) is 1.85. The molecule has 0 aliphatic carbocycles. The van der Waals surface area contributed by atoms with Crippen molar-refractivity contribution in [3.63, 3.8) is 0 Å². The highest BCUT2D eigenvalue weighted by Crippen LogP contribution is 2.15. The van der Waals surface area contributed by atoms with E-state index in [0.717, 1.165) is 16.2 Å². The molecule has 1 aromatic carbocycles. The van der Waals surface area contributed by atoms with Gasteiger partial charge in [-0.3, -0.25) is 0 Å². The predicted octanol–water partition coefficient (Wildman–Crippen LogP) is 4.64. The highest BCUT2D eigenvalue weighted by atomic mass is 79.9. The zero-order chi connectivity index (χ0) is 9.68. The van der Waals surface area contributed by atoms with Gasteiger partial charge in [-0.1, -0.05) is 62.6 Å². The van der Waals surface area contributed by atoms with Crippen LogP contribution in [0.4, 0.5) is 0 Å². The van der Waals surface area contributed by atoms with Crippen LogP contribution in [0.2, 0.25) is 0 Å². The van der Waals surface area contributed by atoms with Crippen LogP contribution in [-0.2, 0) is 0 Å². The minimum atomic E-state index is 0.958. The van der Waals surface area contributed by atoms with E-state index >= 15 is 0 Å². The smallest absolute Gasteiger partial charge is 0.0245 e. The van der Waals surface area contributed by atoms with Crippen LogP contribution in [-0.4, -0.2) is 5.33 Å². The molecule has 0 saturated heterocycles. The second kappa shape index (κ2) is 5.61. The van der Waals surface area contributed by atoms with Gasteiger partial charge < -0.3 is 0 Å². The summed E-state index contributed by atoms with van der Waals surface area (Å²) >= 11 is 6.89. The third-order valence-corrected chi connectivity index (χ3v) is 3.12. The maximum atomic E-state index is 3.47. The van der Waals surface area contributed by atoms with E-state index in [9.17, 15) is 0 Å². The first-order chi connectivity index (χ1) is 6.26. The Morgan fingerprint density at radius 3 is 2.38 bits per heavy atom. The van der Waals surface area contributed by atoms with Crippen LogP contribution in [0.25, 0.3) is 6.08 Å². The lowest BCUT2D eigenvalue weighted by atomic mass is 10.1. The Hall–Kier alpha value is -0.0800. The Morgan fingerprint density at radius 1 is 1.31 bits per heavy atom. The average Bonchev–Trinajstić information content (AvgIpc) is 2.17. The number of hydrogen-bond donors (Lipinski definition) is 0. The molecule has 0 aliphatic heterocycles. The minimum absolute atomic E-state index is 0.958. The van der Waals surface area contributed by atoms with Crippen LogP contribution >= 0.6 is 31.9 Å². The normalized spacial score (nSPS) is 11.8. The van der Waals surface area contributed by atoms with E-state index in [1.54, 1.807) is 0 Å². The van der Waals surface area contributed by atoms with E-state index in [1.165, 1.54) is 11.1 Å². The molecular weight excluding hydrogens is 292 g/mol. The molecule has 70 valence electrons. The maximum Gasteiger partial charge on any atom is 0.0245 e. The van der Waals surface area contributed by atoms with Crippen molar-refractivity contribution >= 4 is 37.9 Å². The van der Waals surface area contributed by atoms with Crippen LogP contribution in [0, 0.1) is 0 Å². The zero-order valence-corrected chi connectivity index (χ0v) is 10.7. The number of hydrogen-bond acceptors (Lipinski definition) is 0. The Bertz CT molecular complexity index is 279. The van der Waals surface area contributed by atoms with Gasteiger partial charge in [0.25, 0.3) is 0 Å². The molecule has 0 atom stereocenters. The van der Waals surface area contributed by atoms with Gasteiger partial charge in [-0.05, 0) is 24.1 Å². The number of halogens is 2. The largest absolute Gasteiger partial charge is 0.0880 e. The molecule has 0 saturated carbocycles. The molecule has 0 heterocycles. The molecule has 0 N–H and O–H groups in total. The second-order valence-electron chi connectivity index (χ2n) is 2.84. The lowest BCUT2D eigenvalue weighted by Crippen LogP contribution is -1.81. The average molecular weight is 304 g/mol. The first-order valence-electron chi connectivity index (χ1n) is 4.27. The first-order valence-corrected chi connectivity index (χ1v) is 6.18. The molecule has 0 nitrogen and oxygen atoms in total. The van der Waals surface area contributed by atoms with Crippen molar-refractivity contribution in [3.05, 3.63) is 39.9 Å². The molecule has 0 aromatic heterocycles. The van der Waals surface area contributed by atoms with Gasteiger partial charge in [-0.15, -0.1) is 0 Å². The molecular formula is C11H12Br2. The zero-order valence-electron chi connectivity index (χ0n) is 7.56. The molecule has 0 fully saturated rings. The fraction of sp³-hybridized carbons (Fsp3) is 0.273. The van der Waals surface area contributed by atoms with E-state index in [1.807, 2.05) is 0 Å². The van der Waals surface area contributed by atoms with Gasteiger partial charge in [0.05, 0.1) is 0 Å². The number of benzene rings is 1. The van der Waals surface area contributed by atoms with Gasteiger partial charge in [0.1, 0.15) is 0 Å². The van der Waals surface area contributed by atoms with Crippen molar-refractivity contribution < 1.29 is 0 Å². The summed E-state index contributed by atoms with van der Waals surface area (Å²) in [5, 5.41) is 0.958. The summed E-state index contributed by atoms with van der Waals surface area (Å²) in [6, 6.07) is 8.35. The lowest BCUT2D eigenvalue weighted by Gasteiger charge is -1.99. The van der Waals surface area contributed by atoms with Crippen LogP contribution in [0.15, 0.2) is 34.3 Å². The van der Waals surface area contributed by atoms with Gasteiger partial charge in [0.2, 0.25) is 0 Å². The van der Waals surface area contributed by atoms with Crippen molar-refractivity contribution in [2.45, 2.75) is 13.3 Å². The molecule has 0 aliphatic rings. The van der Waals surface area contributed by atoms with Crippen LogP contribution < -0.4 is 0 Å². The van der Waals surface area contributed by atoms with Crippen molar-refractivity contribution in [2.24, 2.45) is 0 Å². The topological polar surface area (TPSA) is 0 Å². The standard InChI is InChI=1S/C11H12Br2/c1-2-9(8-12)7-10-3-5-11(13)6-4-10/h3-7H,2,8H2,1H3/b9-7-. The van der Waals surface area contributed by atoms with E-state index in [-0.39, 0.29) is 0 Å². The van der Waals surface area contributed by atoms with Crippen LogP contribution in [0.5, 0.6) is 0 Å². The van der Waals surface area contributed by atoms with Gasteiger partial charge in [0.15, 0.2) is 0 Å². The SMILES string of the molecule is CC/C(=C/c1ccc(Br)cc1)CBr.